The van der Waals surface area contributed by atoms with E-state index in [4.69, 9.17) is 5.26 Å². The Morgan fingerprint density at radius 3 is 2.35 bits per heavy atom. The van der Waals surface area contributed by atoms with E-state index in [0.29, 0.717) is 0 Å². The molecule has 1 aliphatic rings. The Bertz CT molecular complexity index is 728. The fourth-order valence-corrected chi connectivity index (χ4v) is 1.65. The number of rotatable bonds is 1. The van der Waals surface area contributed by atoms with Gasteiger partial charge >= 0.3 is 0 Å². The number of nitrogens with one attached hydrogen (secondary N) is 2. The lowest BCUT2D eigenvalue weighted by molar-refractivity contribution is 0.962. The van der Waals surface area contributed by atoms with Crippen molar-refractivity contribution in [3.05, 3.63) is 43.1 Å². The van der Waals surface area contributed by atoms with Crippen molar-refractivity contribution in [2.75, 3.05) is 0 Å². The van der Waals surface area contributed by atoms with Crippen LogP contribution < -0.4 is 0 Å². The van der Waals surface area contributed by atoms with Crippen molar-refractivity contribution in [2.45, 2.75) is 33.6 Å². The highest BCUT2D eigenvalue weighted by Gasteiger charge is 2.06. The molecule has 0 fully saturated rings. The molecule has 1 aliphatic carbocycles. The minimum Gasteiger partial charge on any atom is -0.346 e. The van der Waals surface area contributed by atoms with Crippen LogP contribution in [0.15, 0.2) is 43.1 Å². The highest BCUT2D eigenvalue weighted by Crippen LogP contribution is 2.22. The summed E-state index contributed by atoms with van der Waals surface area (Å²) < 4.78 is 0. The third-order valence-corrected chi connectivity index (χ3v) is 2.79. The Labute approximate surface area is 136 Å². The van der Waals surface area contributed by atoms with Gasteiger partial charge in [-0.15, -0.1) is 0 Å². The lowest BCUT2D eigenvalue weighted by Gasteiger charge is -1.96. The topological polar surface area (TPSA) is 94.0 Å². The van der Waals surface area contributed by atoms with E-state index >= 15 is 0 Å². The van der Waals surface area contributed by atoms with Crippen LogP contribution in [-0.4, -0.2) is 25.1 Å². The van der Waals surface area contributed by atoms with Gasteiger partial charge in [-0.3, -0.25) is 5.10 Å². The summed E-state index contributed by atoms with van der Waals surface area (Å²) in [5, 5.41) is 15.0. The molecule has 3 heterocycles. The number of allylic oxidation sites excluding steroid dienone is 2. The highest BCUT2D eigenvalue weighted by molar-refractivity contribution is 5.89. The molecule has 0 spiro atoms. The first-order valence-electron chi connectivity index (χ1n) is 7.60. The van der Waals surface area contributed by atoms with E-state index in [2.05, 4.69) is 37.3 Å². The molecular weight excluding hydrogens is 288 g/mol. The van der Waals surface area contributed by atoms with Gasteiger partial charge in [-0.2, -0.15) is 10.4 Å². The molecule has 2 N–H and O–H groups in total. The van der Waals surface area contributed by atoms with Crippen LogP contribution in [-0.2, 0) is 0 Å². The van der Waals surface area contributed by atoms with Crippen molar-refractivity contribution in [2.24, 2.45) is 0 Å². The molecule has 0 amide bonds. The summed E-state index contributed by atoms with van der Waals surface area (Å²) >= 11 is 0. The van der Waals surface area contributed by atoms with E-state index in [1.165, 1.54) is 19.8 Å². The van der Waals surface area contributed by atoms with Gasteiger partial charge in [-0.25, -0.2) is 9.97 Å². The first-order valence-corrected chi connectivity index (χ1v) is 7.60. The molecule has 6 heteroatoms. The molecule has 4 rings (SSSR count). The lowest BCUT2D eigenvalue weighted by Crippen LogP contribution is -1.85. The van der Waals surface area contributed by atoms with Crippen molar-refractivity contribution in [3.8, 4) is 17.3 Å². The van der Waals surface area contributed by atoms with Crippen LogP contribution >= 0.6 is 0 Å². The molecule has 0 aromatic carbocycles. The largest absolute Gasteiger partial charge is 0.346 e. The standard InChI is InChI=1S/C9H7N5.C4H6.C2H3N.C2H6/c1-2-10-9-7(1)8(11-5-12-9)6-3-13-14-4-6;1-2-4-3-1;1-2-3;1-2/h1-5H,(H,13,14)(H,10,11,12);1-2H,3-4H2;1H3;1-2H3. The summed E-state index contributed by atoms with van der Waals surface area (Å²) in [5.41, 5.74) is 2.71. The second-order valence-electron chi connectivity index (χ2n) is 4.22. The van der Waals surface area contributed by atoms with Crippen LogP contribution in [0.25, 0.3) is 22.3 Å². The molecule has 0 saturated heterocycles. The average Bonchev–Trinajstić information content (AvgIpc) is 3.19. The zero-order valence-corrected chi connectivity index (χ0v) is 13.7. The van der Waals surface area contributed by atoms with Crippen LogP contribution in [0.5, 0.6) is 0 Å². The molecule has 23 heavy (non-hydrogen) atoms. The normalized spacial score (nSPS) is 10.7. The van der Waals surface area contributed by atoms with Crippen LogP contribution in [0.1, 0.15) is 33.6 Å². The van der Waals surface area contributed by atoms with Crippen LogP contribution in [0.2, 0.25) is 0 Å². The fraction of sp³-hybridized carbons (Fsp3) is 0.294. The molecule has 0 saturated carbocycles. The fourth-order valence-electron chi connectivity index (χ4n) is 1.65. The minimum absolute atomic E-state index is 0.844. The average molecular weight is 310 g/mol. The van der Waals surface area contributed by atoms with E-state index in [9.17, 15) is 0 Å². The van der Waals surface area contributed by atoms with Gasteiger partial charge in [-0.1, -0.05) is 26.0 Å². The van der Waals surface area contributed by atoms with Gasteiger partial charge in [0.2, 0.25) is 0 Å². The smallest absolute Gasteiger partial charge is 0.141 e. The second-order valence-corrected chi connectivity index (χ2v) is 4.22. The third kappa shape index (κ3) is 5.40. The van der Waals surface area contributed by atoms with Crippen LogP contribution in [0.4, 0.5) is 0 Å². The third-order valence-electron chi connectivity index (χ3n) is 2.79. The monoisotopic (exact) mass is 310 g/mol. The maximum atomic E-state index is 7.32. The van der Waals surface area contributed by atoms with Gasteiger partial charge < -0.3 is 4.98 Å². The second kappa shape index (κ2) is 10.7. The zero-order valence-electron chi connectivity index (χ0n) is 13.7. The molecule has 120 valence electrons. The van der Waals surface area contributed by atoms with Gasteiger partial charge in [0.15, 0.2) is 0 Å². The molecule has 3 aromatic rings. The number of nitrogens with zero attached hydrogens (tertiary/aromatic N) is 4. The quantitative estimate of drug-likeness (QED) is 0.657. The van der Waals surface area contributed by atoms with Crippen molar-refractivity contribution < 1.29 is 0 Å². The Hall–Kier alpha value is -2.94. The van der Waals surface area contributed by atoms with Crippen LogP contribution in [0, 0.1) is 11.3 Å². The first-order chi connectivity index (χ1) is 11.4. The number of H-pyrrole nitrogens is 2. The number of fused-ring (bicyclic) bond motifs is 1. The van der Waals surface area contributed by atoms with E-state index in [1.807, 2.05) is 32.3 Å². The van der Waals surface area contributed by atoms with Gasteiger partial charge in [0.1, 0.15) is 12.0 Å². The summed E-state index contributed by atoms with van der Waals surface area (Å²) in [4.78, 5) is 11.4. The minimum atomic E-state index is 0.844. The summed E-state index contributed by atoms with van der Waals surface area (Å²) in [7, 11) is 0. The summed E-state index contributed by atoms with van der Waals surface area (Å²) in [6.45, 7) is 5.43. The van der Waals surface area contributed by atoms with E-state index in [1.54, 1.807) is 18.6 Å². The van der Waals surface area contributed by atoms with Crippen molar-refractivity contribution in [1.82, 2.24) is 25.1 Å². The number of aromatic amines is 2. The van der Waals surface area contributed by atoms with Gasteiger partial charge in [0, 0.05) is 30.3 Å². The Morgan fingerprint density at radius 2 is 1.83 bits per heavy atom. The Kier molecular flexibility index (Phi) is 8.46. The van der Waals surface area contributed by atoms with E-state index < -0.39 is 0 Å². The molecule has 0 aliphatic heterocycles. The highest BCUT2D eigenvalue weighted by atomic mass is 15.1. The maximum Gasteiger partial charge on any atom is 0.141 e. The van der Waals surface area contributed by atoms with Crippen molar-refractivity contribution in [3.63, 3.8) is 0 Å². The van der Waals surface area contributed by atoms with E-state index in [-0.39, 0.29) is 0 Å². The number of hydrogen-bond donors (Lipinski definition) is 2. The number of aromatic nitrogens is 5. The molecule has 6 nitrogen and oxygen atoms in total. The molecule has 3 aromatic heterocycles. The number of nitriles is 1. The predicted octanol–water partition coefficient (Wildman–Crippen LogP) is 4.24. The molecule has 0 unspecified atom stereocenters. The Morgan fingerprint density at radius 1 is 1.17 bits per heavy atom. The molecule has 0 atom stereocenters. The zero-order chi connectivity index (χ0) is 16.9. The van der Waals surface area contributed by atoms with Crippen LogP contribution in [0.3, 0.4) is 0 Å². The Balaban J connectivity index is 0.000000246. The predicted molar refractivity (Wildman–Crippen MR) is 92.5 cm³/mol. The van der Waals surface area contributed by atoms with Gasteiger partial charge in [0.05, 0.1) is 18.0 Å². The molecular formula is C17H22N6. The summed E-state index contributed by atoms with van der Waals surface area (Å²) in [6, 6.07) is 3.71. The first kappa shape index (κ1) is 18.1. The van der Waals surface area contributed by atoms with Crippen molar-refractivity contribution >= 4 is 11.0 Å². The van der Waals surface area contributed by atoms with Crippen molar-refractivity contribution in [1.29, 1.82) is 5.26 Å². The molecule has 0 radical (unpaired) electrons. The summed E-state index contributed by atoms with van der Waals surface area (Å²) in [5.74, 6) is 0. The van der Waals surface area contributed by atoms with Gasteiger partial charge in [0.25, 0.3) is 0 Å². The molecule has 0 bridgehead atoms. The van der Waals surface area contributed by atoms with Gasteiger partial charge in [-0.05, 0) is 18.9 Å². The van der Waals surface area contributed by atoms with E-state index in [0.717, 1.165) is 22.3 Å². The maximum absolute atomic E-state index is 7.32. The SMILES string of the molecule is C1=CCC1.CC.CC#N.c1nc(-c2cn[nH]c2)c2cc[nH]c2n1. The summed E-state index contributed by atoms with van der Waals surface area (Å²) in [6.07, 6.45) is 14.0. The lowest BCUT2D eigenvalue weighted by atomic mass is 10.1. The number of hydrogen-bond acceptors (Lipinski definition) is 4.